The van der Waals surface area contributed by atoms with Crippen LogP contribution in [-0.4, -0.2) is 20.3 Å². The molecule has 0 N–H and O–H groups in total. The molecule has 0 spiro atoms. The van der Waals surface area contributed by atoms with Crippen molar-refractivity contribution >= 4 is 11.3 Å². The minimum absolute atomic E-state index is 0.0608. The number of benzene rings is 1. The van der Waals surface area contributed by atoms with E-state index in [1.54, 1.807) is 14.2 Å². The summed E-state index contributed by atoms with van der Waals surface area (Å²) >= 11 is 1.95. The molecule has 3 nitrogen and oxygen atoms in total. The molecule has 0 bridgehead atoms. The van der Waals surface area contributed by atoms with Crippen molar-refractivity contribution in [3.63, 3.8) is 0 Å². The van der Waals surface area contributed by atoms with Crippen LogP contribution in [0, 0.1) is 6.92 Å². The standard InChI is InChI=1S/C20H24O3S/c1-12-10-16-19(15-11-13(21-2)8-9-17(15)22-3)23-18-7-5-4-6-14(18)20(16)24-12/h8-11,14,18-19H,4-7H2,1-3H3/t14-,18-,19-/m0/s1. The minimum atomic E-state index is -0.0608. The second-order valence-corrected chi connectivity index (χ2v) is 8.02. The number of fused-ring (bicyclic) bond motifs is 3. The Hall–Kier alpha value is -1.52. The first-order valence-corrected chi connectivity index (χ1v) is 9.50. The highest BCUT2D eigenvalue weighted by atomic mass is 32.1. The Labute approximate surface area is 147 Å². The quantitative estimate of drug-likeness (QED) is 0.764. The predicted molar refractivity (Wildman–Crippen MR) is 96.5 cm³/mol. The molecular weight excluding hydrogens is 320 g/mol. The molecule has 128 valence electrons. The Morgan fingerprint density at radius 2 is 1.88 bits per heavy atom. The molecule has 2 aromatic rings. The summed E-state index contributed by atoms with van der Waals surface area (Å²) in [6.07, 6.45) is 5.25. The summed E-state index contributed by atoms with van der Waals surface area (Å²) in [6.45, 7) is 2.20. The van der Waals surface area contributed by atoms with Gasteiger partial charge in [0.1, 0.15) is 17.6 Å². The second-order valence-electron chi connectivity index (χ2n) is 6.73. The minimum Gasteiger partial charge on any atom is -0.497 e. The molecule has 4 rings (SSSR count). The van der Waals surface area contributed by atoms with Gasteiger partial charge in [-0.3, -0.25) is 0 Å². The smallest absolute Gasteiger partial charge is 0.125 e. The molecule has 1 aliphatic heterocycles. The van der Waals surface area contributed by atoms with E-state index in [1.807, 2.05) is 23.5 Å². The molecule has 24 heavy (non-hydrogen) atoms. The first-order valence-electron chi connectivity index (χ1n) is 8.69. The van der Waals surface area contributed by atoms with Crippen LogP contribution in [0.4, 0.5) is 0 Å². The maximum Gasteiger partial charge on any atom is 0.125 e. The van der Waals surface area contributed by atoms with Crippen molar-refractivity contribution in [2.45, 2.75) is 50.7 Å². The summed E-state index contributed by atoms with van der Waals surface area (Å²) in [6, 6.07) is 8.27. The van der Waals surface area contributed by atoms with Crippen LogP contribution in [0.3, 0.4) is 0 Å². The lowest BCUT2D eigenvalue weighted by Crippen LogP contribution is -2.32. The average molecular weight is 344 g/mol. The van der Waals surface area contributed by atoms with Gasteiger partial charge in [-0.25, -0.2) is 0 Å². The molecular formula is C20H24O3S. The molecule has 2 aliphatic rings. The van der Waals surface area contributed by atoms with Crippen molar-refractivity contribution in [1.29, 1.82) is 0 Å². The van der Waals surface area contributed by atoms with Crippen LogP contribution >= 0.6 is 11.3 Å². The van der Waals surface area contributed by atoms with E-state index in [2.05, 4.69) is 19.1 Å². The van der Waals surface area contributed by atoms with E-state index in [-0.39, 0.29) is 6.10 Å². The SMILES string of the molecule is COc1ccc(OC)c([C@@H]2O[C@H]3CCCC[C@@H]3c3sc(C)cc32)c1. The Bertz CT molecular complexity index is 736. The Balaban J connectivity index is 1.83. The van der Waals surface area contributed by atoms with Gasteiger partial charge < -0.3 is 14.2 Å². The molecule has 0 saturated heterocycles. The van der Waals surface area contributed by atoms with E-state index in [9.17, 15) is 0 Å². The fourth-order valence-corrected chi connectivity index (χ4v) is 5.38. The number of hydrogen-bond acceptors (Lipinski definition) is 4. The van der Waals surface area contributed by atoms with Crippen molar-refractivity contribution in [1.82, 2.24) is 0 Å². The Kier molecular flexibility index (Phi) is 4.27. The fraction of sp³-hybridized carbons (Fsp3) is 0.500. The number of aryl methyl sites for hydroxylation is 1. The third kappa shape index (κ3) is 2.62. The van der Waals surface area contributed by atoms with E-state index in [1.165, 1.54) is 34.6 Å². The van der Waals surface area contributed by atoms with Gasteiger partial charge in [-0.15, -0.1) is 11.3 Å². The predicted octanol–water partition coefficient (Wildman–Crippen LogP) is 5.22. The van der Waals surface area contributed by atoms with Crippen LogP contribution in [0.25, 0.3) is 0 Å². The van der Waals surface area contributed by atoms with Gasteiger partial charge in [0.15, 0.2) is 0 Å². The highest BCUT2D eigenvalue weighted by Gasteiger charge is 2.40. The number of methoxy groups -OCH3 is 2. The second kappa shape index (κ2) is 6.41. The third-order valence-corrected chi connectivity index (χ3v) is 6.46. The largest absolute Gasteiger partial charge is 0.497 e. The molecule has 1 aromatic carbocycles. The normalized spacial score (nSPS) is 25.7. The molecule has 1 saturated carbocycles. The first kappa shape index (κ1) is 16.0. The molecule has 0 radical (unpaired) electrons. The molecule has 1 aromatic heterocycles. The number of rotatable bonds is 3. The Morgan fingerprint density at radius 1 is 1.04 bits per heavy atom. The first-order chi connectivity index (χ1) is 11.7. The third-order valence-electron chi connectivity index (χ3n) is 5.27. The zero-order chi connectivity index (χ0) is 16.7. The lowest BCUT2D eigenvalue weighted by atomic mass is 9.80. The summed E-state index contributed by atoms with van der Waals surface area (Å²) in [5, 5.41) is 0. The van der Waals surface area contributed by atoms with E-state index < -0.39 is 0 Å². The van der Waals surface area contributed by atoms with Gasteiger partial charge >= 0.3 is 0 Å². The van der Waals surface area contributed by atoms with Crippen molar-refractivity contribution in [3.05, 3.63) is 45.1 Å². The summed E-state index contributed by atoms with van der Waals surface area (Å²) < 4.78 is 17.7. The van der Waals surface area contributed by atoms with Crippen LogP contribution in [-0.2, 0) is 4.74 Å². The summed E-state index contributed by atoms with van der Waals surface area (Å²) in [5.41, 5.74) is 2.40. The number of hydrogen-bond donors (Lipinski definition) is 0. The highest BCUT2D eigenvalue weighted by molar-refractivity contribution is 7.12. The highest BCUT2D eigenvalue weighted by Crippen LogP contribution is 2.51. The van der Waals surface area contributed by atoms with Crippen molar-refractivity contribution < 1.29 is 14.2 Å². The topological polar surface area (TPSA) is 27.7 Å². The van der Waals surface area contributed by atoms with E-state index >= 15 is 0 Å². The zero-order valence-electron chi connectivity index (χ0n) is 14.5. The maximum absolute atomic E-state index is 6.63. The average Bonchev–Trinajstić information content (AvgIpc) is 3.02. The lowest BCUT2D eigenvalue weighted by molar-refractivity contribution is -0.0382. The van der Waals surface area contributed by atoms with E-state index in [0.29, 0.717) is 12.0 Å². The molecule has 1 fully saturated rings. The van der Waals surface area contributed by atoms with Gasteiger partial charge in [-0.1, -0.05) is 12.8 Å². The van der Waals surface area contributed by atoms with Crippen molar-refractivity contribution in [2.24, 2.45) is 0 Å². The van der Waals surface area contributed by atoms with Gasteiger partial charge in [-0.05, 0) is 49.6 Å². The molecule has 2 heterocycles. The Morgan fingerprint density at radius 3 is 2.67 bits per heavy atom. The molecule has 4 heteroatoms. The molecule has 0 unspecified atom stereocenters. The van der Waals surface area contributed by atoms with Crippen LogP contribution in [0.1, 0.15) is 58.6 Å². The molecule has 0 amide bonds. The van der Waals surface area contributed by atoms with Gasteiger partial charge in [0.2, 0.25) is 0 Å². The van der Waals surface area contributed by atoms with Crippen LogP contribution in [0.2, 0.25) is 0 Å². The van der Waals surface area contributed by atoms with Gasteiger partial charge in [-0.2, -0.15) is 0 Å². The van der Waals surface area contributed by atoms with Gasteiger partial charge in [0, 0.05) is 21.2 Å². The zero-order valence-corrected chi connectivity index (χ0v) is 15.3. The number of ether oxygens (including phenoxy) is 3. The van der Waals surface area contributed by atoms with E-state index in [0.717, 1.165) is 23.5 Å². The van der Waals surface area contributed by atoms with Crippen molar-refractivity contribution in [2.75, 3.05) is 14.2 Å². The monoisotopic (exact) mass is 344 g/mol. The van der Waals surface area contributed by atoms with Crippen LogP contribution in [0.5, 0.6) is 11.5 Å². The number of thiophene rings is 1. The van der Waals surface area contributed by atoms with Gasteiger partial charge in [0.25, 0.3) is 0 Å². The van der Waals surface area contributed by atoms with E-state index in [4.69, 9.17) is 14.2 Å². The van der Waals surface area contributed by atoms with Crippen LogP contribution in [0.15, 0.2) is 24.3 Å². The molecule has 3 atom stereocenters. The summed E-state index contributed by atoms with van der Waals surface area (Å²) in [7, 11) is 3.42. The lowest BCUT2D eigenvalue weighted by Gasteiger charge is -2.39. The van der Waals surface area contributed by atoms with Crippen LogP contribution < -0.4 is 9.47 Å². The summed E-state index contributed by atoms with van der Waals surface area (Å²) in [5.74, 6) is 2.28. The fourth-order valence-electron chi connectivity index (χ4n) is 4.14. The molecule has 1 aliphatic carbocycles. The summed E-state index contributed by atoms with van der Waals surface area (Å²) in [4.78, 5) is 2.89. The maximum atomic E-state index is 6.63. The van der Waals surface area contributed by atoms with Gasteiger partial charge in [0.05, 0.1) is 20.3 Å². The van der Waals surface area contributed by atoms with Crippen molar-refractivity contribution in [3.8, 4) is 11.5 Å².